The van der Waals surface area contributed by atoms with Gasteiger partial charge in [-0.2, -0.15) is 8.99 Å². The minimum absolute atomic E-state index is 0.0529. The molecule has 1 aromatic carbocycles. The molecule has 1 atom stereocenters. The number of nitrogens with zero attached hydrogens (tertiary/aromatic N) is 6. The van der Waals surface area contributed by atoms with Gasteiger partial charge in [-0.3, -0.25) is 0 Å². The summed E-state index contributed by atoms with van der Waals surface area (Å²) in [6, 6.07) is 9.46. The zero-order valence-electron chi connectivity index (χ0n) is 14.5. The monoisotopic (exact) mass is 412 g/mol. The molecule has 2 aliphatic rings. The van der Waals surface area contributed by atoms with Crippen molar-refractivity contribution >= 4 is 25.8 Å². The van der Waals surface area contributed by atoms with E-state index in [2.05, 4.69) is 15.5 Å². The molecule has 12 heteroatoms. The Labute approximate surface area is 157 Å². The molecular formula is C15H20N6O4S2. The van der Waals surface area contributed by atoms with Crippen molar-refractivity contribution in [2.75, 3.05) is 42.6 Å². The van der Waals surface area contributed by atoms with Crippen LogP contribution in [0.5, 0.6) is 0 Å². The molecule has 0 saturated carbocycles. The number of aromatic nitrogens is 4. The summed E-state index contributed by atoms with van der Waals surface area (Å²) in [6.07, 6.45) is 0.178. The first kappa shape index (κ1) is 18.3. The Morgan fingerprint density at radius 1 is 1.04 bits per heavy atom. The number of sulfone groups is 1. The molecule has 0 amide bonds. The smallest absolute Gasteiger partial charge is 0.250 e. The molecule has 0 aliphatic carbocycles. The summed E-state index contributed by atoms with van der Waals surface area (Å²) in [7, 11) is -6.86. The molecule has 2 aromatic rings. The average Bonchev–Trinajstić information content (AvgIpc) is 3.29. The summed E-state index contributed by atoms with van der Waals surface area (Å²) in [5, 5.41) is 11.0. The van der Waals surface area contributed by atoms with Gasteiger partial charge in [-0.1, -0.05) is 23.3 Å². The lowest BCUT2D eigenvalue weighted by molar-refractivity contribution is 0.377. The molecular weight excluding hydrogens is 392 g/mol. The number of hydrogen-bond acceptors (Lipinski definition) is 8. The van der Waals surface area contributed by atoms with E-state index < -0.39 is 25.1 Å². The number of sulfonamides is 1. The molecule has 2 aliphatic heterocycles. The maximum atomic E-state index is 12.8. The molecule has 2 fully saturated rings. The topological polar surface area (TPSA) is 118 Å². The summed E-state index contributed by atoms with van der Waals surface area (Å²) < 4.78 is 51.8. The van der Waals surface area contributed by atoms with E-state index in [4.69, 9.17) is 0 Å². The fourth-order valence-corrected chi connectivity index (χ4v) is 7.98. The highest BCUT2D eigenvalue weighted by Gasteiger charge is 2.41. The van der Waals surface area contributed by atoms with Gasteiger partial charge in [0.1, 0.15) is 0 Å². The van der Waals surface area contributed by atoms with E-state index in [1.165, 1.54) is 4.31 Å². The van der Waals surface area contributed by atoms with Crippen LogP contribution < -0.4 is 4.90 Å². The third-order valence-electron chi connectivity index (χ3n) is 4.95. The number of benzene rings is 1. The van der Waals surface area contributed by atoms with Gasteiger partial charge in [-0.05, 0) is 29.0 Å². The molecule has 3 heterocycles. The van der Waals surface area contributed by atoms with E-state index >= 15 is 0 Å². The quantitative estimate of drug-likeness (QED) is 0.647. The Bertz CT molecular complexity index is 1010. The Morgan fingerprint density at radius 2 is 1.74 bits per heavy atom. The number of anilines is 1. The minimum Gasteiger partial charge on any atom is -0.337 e. The molecule has 1 unspecified atom stereocenters. The number of rotatable bonds is 4. The maximum Gasteiger partial charge on any atom is 0.250 e. The lowest BCUT2D eigenvalue weighted by atomic mass is 10.3. The Kier molecular flexibility index (Phi) is 4.64. The zero-order valence-corrected chi connectivity index (χ0v) is 16.2. The van der Waals surface area contributed by atoms with Crippen LogP contribution in [-0.2, 0) is 19.9 Å². The van der Waals surface area contributed by atoms with Crippen molar-refractivity contribution < 1.29 is 16.8 Å². The molecule has 4 rings (SSSR count). The minimum atomic E-state index is -3.62. The molecule has 0 N–H and O–H groups in total. The van der Waals surface area contributed by atoms with Crippen LogP contribution in [0.1, 0.15) is 6.42 Å². The van der Waals surface area contributed by atoms with Gasteiger partial charge >= 0.3 is 0 Å². The normalized spacial score (nSPS) is 23.6. The maximum absolute atomic E-state index is 12.8. The Balaban J connectivity index is 1.47. The molecule has 146 valence electrons. The SMILES string of the molecule is O=S1(=O)CCC(S(=O)(=O)N2CCN(c3nnnn3-c3ccccc3)CC2)C1. The van der Waals surface area contributed by atoms with E-state index in [0.29, 0.717) is 19.0 Å². The van der Waals surface area contributed by atoms with Crippen molar-refractivity contribution in [3.05, 3.63) is 30.3 Å². The van der Waals surface area contributed by atoms with E-state index in [1.54, 1.807) is 4.68 Å². The van der Waals surface area contributed by atoms with Crippen LogP contribution in [0, 0.1) is 0 Å². The van der Waals surface area contributed by atoms with Crippen LogP contribution in [-0.4, -0.2) is 84.3 Å². The average molecular weight is 412 g/mol. The van der Waals surface area contributed by atoms with Crippen molar-refractivity contribution in [1.82, 2.24) is 24.5 Å². The molecule has 0 spiro atoms. The van der Waals surface area contributed by atoms with E-state index in [1.807, 2.05) is 35.2 Å². The van der Waals surface area contributed by atoms with Crippen molar-refractivity contribution in [3.63, 3.8) is 0 Å². The number of tetrazole rings is 1. The van der Waals surface area contributed by atoms with Crippen molar-refractivity contribution in [1.29, 1.82) is 0 Å². The highest BCUT2D eigenvalue weighted by atomic mass is 32.2. The van der Waals surface area contributed by atoms with E-state index in [-0.39, 0.29) is 31.0 Å². The third-order valence-corrected chi connectivity index (χ3v) is 9.26. The van der Waals surface area contributed by atoms with Gasteiger partial charge in [0, 0.05) is 26.2 Å². The van der Waals surface area contributed by atoms with Crippen molar-refractivity contribution in [3.8, 4) is 5.69 Å². The number of hydrogen-bond donors (Lipinski definition) is 0. The van der Waals surface area contributed by atoms with Crippen LogP contribution in [0.2, 0.25) is 0 Å². The first-order valence-corrected chi connectivity index (χ1v) is 12.0. The van der Waals surface area contributed by atoms with Crippen LogP contribution in [0.15, 0.2) is 30.3 Å². The fourth-order valence-electron chi connectivity index (χ4n) is 3.47. The van der Waals surface area contributed by atoms with Gasteiger partial charge in [0.2, 0.25) is 16.0 Å². The lowest BCUT2D eigenvalue weighted by Gasteiger charge is -2.35. The van der Waals surface area contributed by atoms with Crippen LogP contribution in [0.4, 0.5) is 5.95 Å². The lowest BCUT2D eigenvalue weighted by Crippen LogP contribution is -2.52. The first-order valence-electron chi connectivity index (χ1n) is 8.65. The molecule has 27 heavy (non-hydrogen) atoms. The number of para-hydroxylation sites is 1. The molecule has 0 bridgehead atoms. The molecule has 0 radical (unpaired) electrons. The first-order chi connectivity index (χ1) is 12.9. The molecule has 2 saturated heterocycles. The summed E-state index contributed by atoms with van der Waals surface area (Å²) in [5.74, 6) is 0.228. The highest BCUT2D eigenvalue weighted by Crippen LogP contribution is 2.24. The second-order valence-corrected chi connectivity index (χ2v) is 11.1. The van der Waals surface area contributed by atoms with Crippen molar-refractivity contribution in [2.45, 2.75) is 11.7 Å². The largest absolute Gasteiger partial charge is 0.337 e. The van der Waals surface area contributed by atoms with Gasteiger partial charge in [-0.25, -0.2) is 16.8 Å². The van der Waals surface area contributed by atoms with Crippen LogP contribution in [0.3, 0.4) is 0 Å². The van der Waals surface area contributed by atoms with Gasteiger partial charge in [0.25, 0.3) is 0 Å². The molecule has 1 aromatic heterocycles. The highest BCUT2D eigenvalue weighted by molar-refractivity contribution is 7.95. The summed E-state index contributed by atoms with van der Waals surface area (Å²) in [4.78, 5) is 1.93. The zero-order chi connectivity index (χ0) is 19.1. The van der Waals surface area contributed by atoms with Crippen molar-refractivity contribution in [2.24, 2.45) is 0 Å². The number of piperazine rings is 1. The predicted octanol–water partition coefficient (Wildman–Crippen LogP) is -0.699. The molecule has 10 nitrogen and oxygen atoms in total. The van der Waals surface area contributed by atoms with Gasteiger partial charge < -0.3 is 4.90 Å². The Hall–Kier alpha value is -2.05. The predicted molar refractivity (Wildman–Crippen MR) is 98.9 cm³/mol. The summed E-state index contributed by atoms with van der Waals surface area (Å²) >= 11 is 0. The van der Waals surface area contributed by atoms with Gasteiger partial charge in [0.15, 0.2) is 9.84 Å². The summed E-state index contributed by atoms with van der Waals surface area (Å²) in [5.41, 5.74) is 0.823. The third kappa shape index (κ3) is 3.56. The second-order valence-electron chi connectivity index (χ2n) is 6.68. The standard InChI is InChI=1S/C15H20N6O4S2/c22-26(23)11-6-14(12-26)27(24,25)20-9-7-19(8-10-20)15-16-17-18-21(15)13-4-2-1-3-5-13/h1-5,14H,6-12H2. The van der Waals surface area contributed by atoms with E-state index in [9.17, 15) is 16.8 Å². The second kappa shape index (κ2) is 6.84. The fraction of sp³-hybridized carbons (Fsp3) is 0.533. The van der Waals surface area contributed by atoms with Gasteiger partial charge in [-0.15, -0.1) is 0 Å². The van der Waals surface area contributed by atoms with Crippen LogP contribution in [0.25, 0.3) is 5.69 Å². The summed E-state index contributed by atoms with van der Waals surface area (Å²) in [6.45, 7) is 1.43. The van der Waals surface area contributed by atoms with E-state index in [0.717, 1.165) is 5.69 Å². The van der Waals surface area contributed by atoms with Crippen LogP contribution >= 0.6 is 0 Å². The Morgan fingerprint density at radius 3 is 2.37 bits per heavy atom. The van der Waals surface area contributed by atoms with Gasteiger partial charge in [0.05, 0.1) is 22.4 Å².